The Morgan fingerprint density at radius 2 is 2.25 bits per heavy atom. The van der Waals surface area contributed by atoms with E-state index in [9.17, 15) is 13.2 Å². The summed E-state index contributed by atoms with van der Waals surface area (Å²) in [7, 11) is -2.82. The number of thioether (sulfide) groups is 1. The topological polar surface area (TPSA) is 63.2 Å². The van der Waals surface area contributed by atoms with E-state index in [2.05, 4.69) is 5.32 Å². The summed E-state index contributed by atoms with van der Waals surface area (Å²) >= 11 is 1.46. The maximum atomic E-state index is 11.4. The van der Waals surface area contributed by atoms with Crippen LogP contribution in [0.4, 0.5) is 0 Å². The summed E-state index contributed by atoms with van der Waals surface area (Å²) in [6, 6.07) is 0.195. The van der Waals surface area contributed by atoms with Gasteiger partial charge >= 0.3 is 0 Å². The van der Waals surface area contributed by atoms with Gasteiger partial charge in [-0.1, -0.05) is 6.92 Å². The molecule has 1 aliphatic heterocycles. The van der Waals surface area contributed by atoms with E-state index >= 15 is 0 Å². The molecule has 0 radical (unpaired) electrons. The number of carbonyl (C=O) groups excluding carboxylic acids is 1. The Morgan fingerprint density at radius 1 is 1.56 bits per heavy atom. The fourth-order valence-corrected chi connectivity index (χ4v) is 4.96. The standard InChI is InChI=1S/C10H19NO3S2/c1-3-8(2)11-10(12)6-15-9-4-5-16(13,14)7-9/h8-9H,3-7H2,1-2H3,(H,11,12). The quantitative estimate of drug-likeness (QED) is 0.799. The van der Waals surface area contributed by atoms with Gasteiger partial charge in [-0.05, 0) is 19.8 Å². The van der Waals surface area contributed by atoms with Crippen LogP contribution in [0.5, 0.6) is 0 Å². The molecule has 0 saturated carbocycles. The first kappa shape index (κ1) is 13.8. The van der Waals surface area contributed by atoms with E-state index in [0.717, 1.165) is 6.42 Å². The highest BCUT2D eigenvalue weighted by molar-refractivity contribution is 8.02. The smallest absolute Gasteiger partial charge is 0.230 e. The molecule has 0 spiro atoms. The third-order valence-corrected chi connectivity index (χ3v) is 5.94. The lowest BCUT2D eigenvalue weighted by Gasteiger charge is -2.12. The van der Waals surface area contributed by atoms with Gasteiger partial charge in [-0.25, -0.2) is 8.42 Å². The van der Waals surface area contributed by atoms with Crippen LogP contribution in [0.3, 0.4) is 0 Å². The molecule has 0 aromatic rings. The lowest BCUT2D eigenvalue weighted by atomic mass is 10.3. The molecule has 16 heavy (non-hydrogen) atoms. The first-order chi connectivity index (χ1) is 7.43. The fraction of sp³-hybridized carbons (Fsp3) is 0.900. The highest BCUT2D eigenvalue weighted by atomic mass is 32.2. The molecule has 0 aromatic heterocycles. The number of amides is 1. The number of hydrogen-bond donors (Lipinski definition) is 1. The second kappa shape index (κ2) is 5.91. The molecule has 1 heterocycles. The first-order valence-electron chi connectivity index (χ1n) is 5.54. The Kier molecular flexibility index (Phi) is 5.11. The third kappa shape index (κ3) is 4.74. The molecule has 2 atom stereocenters. The number of rotatable bonds is 5. The third-order valence-electron chi connectivity index (χ3n) is 2.66. The van der Waals surface area contributed by atoms with Gasteiger partial charge in [0.1, 0.15) is 0 Å². The Hall–Kier alpha value is -0.230. The van der Waals surface area contributed by atoms with Crippen molar-refractivity contribution in [2.75, 3.05) is 17.3 Å². The largest absolute Gasteiger partial charge is 0.353 e. The molecule has 94 valence electrons. The van der Waals surface area contributed by atoms with E-state index in [1.54, 1.807) is 0 Å². The van der Waals surface area contributed by atoms with Gasteiger partial charge in [0.05, 0.1) is 17.3 Å². The maximum Gasteiger partial charge on any atom is 0.230 e. The van der Waals surface area contributed by atoms with Crippen LogP contribution in [-0.4, -0.2) is 42.9 Å². The van der Waals surface area contributed by atoms with Crippen LogP contribution in [0.1, 0.15) is 26.7 Å². The Labute approximate surface area is 101 Å². The van der Waals surface area contributed by atoms with Crippen LogP contribution in [0.25, 0.3) is 0 Å². The molecule has 0 bridgehead atoms. The van der Waals surface area contributed by atoms with Crippen LogP contribution >= 0.6 is 11.8 Å². The second-order valence-electron chi connectivity index (χ2n) is 4.21. The highest BCUT2D eigenvalue weighted by Crippen LogP contribution is 2.23. The van der Waals surface area contributed by atoms with Crippen LogP contribution in [0.15, 0.2) is 0 Å². The van der Waals surface area contributed by atoms with Crippen molar-refractivity contribution in [3.63, 3.8) is 0 Å². The van der Waals surface area contributed by atoms with E-state index < -0.39 is 9.84 Å². The molecule has 6 heteroatoms. The highest BCUT2D eigenvalue weighted by Gasteiger charge is 2.28. The average Bonchev–Trinajstić information content (AvgIpc) is 2.55. The number of sulfone groups is 1. The van der Waals surface area contributed by atoms with Gasteiger partial charge in [0, 0.05) is 11.3 Å². The van der Waals surface area contributed by atoms with Gasteiger partial charge in [-0.15, -0.1) is 11.8 Å². The van der Waals surface area contributed by atoms with E-state index in [-0.39, 0.29) is 28.7 Å². The Bertz CT molecular complexity index is 340. The summed E-state index contributed by atoms with van der Waals surface area (Å²) in [6.07, 6.45) is 1.60. The van der Waals surface area contributed by atoms with Crippen molar-refractivity contribution in [1.82, 2.24) is 5.32 Å². The van der Waals surface area contributed by atoms with Crippen molar-refractivity contribution < 1.29 is 13.2 Å². The van der Waals surface area contributed by atoms with E-state index in [4.69, 9.17) is 0 Å². The minimum Gasteiger partial charge on any atom is -0.353 e. The molecular formula is C10H19NO3S2. The van der Waals surface area contributed by atoms with Crippen LogP contribution in [0, 0.1) is 0 Å². The Balaban J connectivity index is 2.23. The summed E-state index contributed by atoms with van der Waals surface area (Å²) in [5.74, 6) is 0.875. The fourth-order valence-electron chi connectivity index (χ4n) is 1.50. The van der Waals surface area contributed by atoms with Crippen molar-refractivity contribution in [2.24, 2.45) is 0 Å². The monoisotopic (exact) mass is 265 g/mol. The van der Waals surface area contributed by atoms with Crippen LogP contribution in [0.2, 0.25) is 0 Å². The zero-order chi connectivity index (χ0) is 12.2. The lowest BCUT2D eigenvalue weighted by Crippen LogP contribution is -2.33. The molecule has 1 amide bonds. The predicted octanol–water partition coefficient (Wildman–Crippen LogP) is 0.821. The molecule has 1 fully saturated rings. The van der Waals surface area contributed by atoms with Gasteiger partial charge in [0.15, 0.2) is 9.84 Å². The van der Waals surface area contributed by atoms with Crippen molar-refractivity contribution in [1.29, 1.82) is 0 Å². The lowest BCUT2D eigenvalue weighted by molar-refractivity contribution is -0.119. The molecule has 1 saturated heterocycles. The second-order valence-corrected chi connectivity index (χ2v) is 7.73. The SMILES string of the molecule is CCC(C)NC(=O)CSC1CCS(=O)(=O)C1. The maximum absolute atomic E-state index is 11.4. The minimum absolute atomic E-state index is 0.00338. The number of hydrogen-bond acceptors (Lipinski definition) is 4. The first-order valence-corrected chi connectivity index (χ1v) is 8.41. The van der Waals surface area contributed by atoms with Crippen molar-refractivity contribution in [2.45, 2.75) is 38.0 Å². The van der Waals surface area contributed by atoms with E-state index in [1.165, 1.54) is 11.8 Å². The van der Waals surface area contributed by atoms with E-state index in [1.807, 2.05) is 13.8 Å². The normalized spacial score (nSPS) is 25.2. The zero-order valence-electron chi connectivity index (χ0n) is 9.73. The van der Waals surface area contributed by atoms with Gasteiger partial charge in [0.25, 0.3) is 0 Å². The summed E-state index contributed by atoms with van der Waals surface area (Å²) in [6.45, 7) is 3.98. The summed E-state index contributed by atoms with van der Waals surface area (Å²) in [5.41, 5.74) is 0. The molecule has 0 aliphatic carbocycles. The van der Waals surface area contributed by atoms with Gasteiger partial charge in [-0.2, -0.15) is 0 Å². The molecule has 4 nitrogen and oxygen atoms in total. The van der Waals surface area contributed by atoms with Gasteiger partial charge in [-0.3, -0.25) is 4.79 Å². The predicted molar refractivity (Wildman–Crippen MR) is 67.4 cm³/mol. The number of carbonyl (C=O) groups is 1. The molecular weight excluding hydrogens is 246 g/mol. The molecule has 1 rings (SSSR count). The summed E-state index contributed by atoms with van der Waals surface area (Å²) in [4.78, 5) is 11.4. The van der Waals surface area contributed by atoms with Crippen molar-refractivity contribution >= 4 is 27.5 Å². The van der Waals surface area contributed by atoms with Gasteiger partial charge in [0.2, 0.25) is 5.91 Å². The van der Waals surface area contributed by atoms with E-state index in [0.29, 0.717) is 12.2 Å². The molecule has 2 unspecified atom stereocenters. The minimum atomic E-state index is -2.82. The summed E-state index contributed by atoms with van der Waals surface area (Å²) < 4.78 is 22.4. The average molecular weight is 265 g/mol. The van der Waals surface area contributed by atoms with Crippen molar-refractivity contribution in [3.8, 4) is 0 Å². The molecule has 0 aromatic carbocycles. The molecule has 1 N–H and O–H groups in total. The number of nitrogens with one attached hydrogen (secondary N) is 1. The Morgan fingerprint density at radius 3 is 2.75 bits per heavy atom. The van der Waals surface area contributed by atoms with Gasteiger partial charge < -0.3 is 5.32 Å². The van der Waals surface area contributed by atoms with Crippen LogP contribution < -0.4 is 5.32 Å². The molecule has 1 aliphatic rings. The van der Waals surface area contributed by atoms with Crippen LogP contribution in [-0.2, 0) is 14.6 Å². The summed E-state index contributed by atoms with van der Waals surface area (Å²) in [5, 5.41) is 2.97. The van der Waals surface area contributed by atoms with Crippen molar-refractivity contribution in [3.05, 3.63) is 0 Å². The zero-order valence-corrected chi connectivity index (χ0v) is 11.4.